The van der Waals surface area contributed by atoms with E-state index in [-0.39, 0.29) is 23.7 Å². The van der Waals surface area contributed by atoms with Gasteiger partial charge in [0, 0.05) is 18.1 Å². The van der Waals surface area contributed by atoms with E-state index in [1.807, 2.05) is 54.8 Å². The SMILES string of the molecule is Cc1nnc(C)n1-c1ccc(OC2c3cc(Cl)ccc3CC2N2CCS(=O)(=O)CC2)c(Cl)c1. The predicted molar refractivity (Wildman–Crippen MR) is 128 cm³/mol. The molecule has 2 heterocycles. The lowest BCUT2D eigenvalue weighted by atomic mass is 10.1. The van der Waals surface area contributed by atoms with Crippen molar-refractivity contribution in [3.63, 3.8) is 0 Å². The minimum atomic E-state index is -2.97. The standard InChI is InChI=1S/C23H24Cl2N4O3S/c1-14-26-27-15(2)29(14)18-5-6-22(20(25)13-18)32-23-19-12-17(24)4-3-16(19)11-21(23)28-7-9-33(30,31)10-8-28/h3-6,12-13,21,23H,7-11H2,1-2H3. The highest BCUT2D eigenvalue weighted by atomic mass is 35.5. The molecule has 33 heavy (non-hydrogen) atoms. The Morgan fingerprint density at radius 2 is 1.70 bits per heavy atom. The Kier molecular flexibility index (Phi) is 5.89. The first-order chi connectivity index (χ1) is 15.7. The van der Waals surface area contributed by atoms with Crippen molar-refractivity contribution in [1.29, 1.82) is 0 Å². The molecule has 1 saturated heterocycles. The van der Waals surface area contributed by atoms with Crippen LogP contribution < -0.4 is 4.74 Å². The molecule has 1 aromatic heterocycles. The van der Waals surface area contributed by atoms with E-state index in [0.29, 0.717) is 28.9 Å². The molecule has 0 N–H and O–H groups in total. The first-order valence-electron chi connectivity index (χ1n) is 10.8. The van der Waals surface area contributed by atoms with E-state index in [9.17, 15) is 8.42 Å². The monoisotopic (exact) mass is 506 g/mol. The van der Waals surface area contributed by atoms with Crippen LogP contribution in [0.25, 0.3) is 5.69 Å². The van der Waals surface area contributed by atoms with E-state index in [4.69, 9.17) is 27.9 Å². The molecule has 1 aliphatic heterocycles. The molecule has 0 bridgehead atoms. The van der Waals surface area contributed by atoms with Crippen molar-refractivity contribution in [2.24, 2.45) is 0 Å². The zero-order valence-electron chi connectivity index (χ0n) is 18.3. The number of aromatic nitrogens is 3. The minimum Gasteiger partial charge on any atom is -0.482 e. The van der Waals surface area contributed by atoms with Gasteiger partial charge in [-0.2, -0.15) is 0 Å². The van der Waals surface area contributed by atoms with Crippen molar-refractivity contribution >= 4 is 33.0 Å². The van der Waals surface area contributed by atoms with Crippen molar-refractivity contribution in [3.8, 4) is 11.4 Å². The average Bonchev–Trinajstić information content (AvgIpc) is 3.29. The van der Waals surface area contributed by atoms with E-state index >= 15 is 0 Å². The summed E-state index contributed by atoms with van der Waals surface area (Å²) in [6, 6.07) is 11.5. The number of sulfone groups is 1. The number of benzene rings is 2. The van der Waals surface area contributed by atoms with Gasteiger partial charge in [-0.25, -0.2) is 8.42 Å². The summed E-state index contributed by atoms with van der Waals surface area (Å²) < 4.78 is 32.4. The number of hydrogen-bond donors (Lipinski definition) is 0. The van der Waals surface area contributed by atoms with E-state index < -0.39 is 9.84 Å². The molecule has 7 nitrogen and oxygen atoms in total. The number of nitrogens with zero attached hydrogens (tertiary/aromatic N) is 4. The van der Waals surface area contributed by atoms with E-state index in [0.717, 1.165) is 34.9 Å². The molecule has 0 spiro atoms. The Morgan fingerprint density at radius 3 is 2.36 bits per heavy atom. The van der Waals surface area contributed by atoms with Gasteiger partial charge in [0.2, 0.25) is 0 Å². The van der Waals surface area contributed by atoms with Crippen molar-refractivity contribution < 1.29 is 13.2 Å². The van der Waals surface area contributed by atoms with Crippen molar-refractivity contribution in [3.05, 3.63) is 69.2 Å². The maximum absolute atomic E-state index is 12.0. The van der Waals surface area contributed by atoms with Crippen LogP contribution in [0.15, 0.2) is 36.4 Å². The second-order valence-electron chi connectivity index (χ2n) is 8.59. The predicted octanol–water partition coefficient (Wildman–Crippen LogP) is 3.97. The highest BCUT2D eigenvalue weighted by Gasteiger charge is 2.40. The van der Waals surface area contributed by atoms with Crippen LogP contribution in [-0.2, 0) is 16.3 Å². The van der Waals surface area contributed by atoms with Gasteiger partial charge < -0.3 is 4.74 Å². The fourth-order valence-electron chi connectivity index (χ4n) is 4.78. The van der Waals surface area contributed by atoms with E-state index in [1.54, 1.807) is 0 Å². The molecule has 2 aliphatic rings. The van der Waals surface area contributed by atoms with Crippen molar-refractivity contribution in [1.82, 2.24) is 19.7 Å². The van der Waals surface area contributed by atoms with Gasteiger partial charge >= 0.3 is 0 Å². The molecule has 3 aromatic rings. The molecule has 2 atom stereocenters. The topological polar surface area (TPSA) is 77.3 Å². The van der Waals surface area contributed by atoms with Crippen LogP contribution in [0.5, 0.6) is 5.75 Å². The number of hydrogen-bond acceptors (Lipinski definition) is 6. The molecule has 1 fully saturated rings. The lowest BCUT2D eigenvalue weighted by Crippen LogP contribution is -2.48. The Labute approximate surface area is 203 Å². The number of halogens is 2. The van der Waals surface area contributed by atoms with Crippen LogP contribution in [0.3, 0.4) is 0 Å². The molecule has 1 aliphatic carbocycles. The van der Waals surface area contributed by atoms with Crippen LogP contribution in [-0.4, -0.2) is 58.7 Å². The third-order valence-corrected chi connectivity index (χ3v) is 8.59. The van der Waals surface area contributed by atoms with Gasteiger partial charge in [-0.1, -0.05) is 29.3 Å². The Bertz CT molecular complexity index is 1290. The largest absolute Gasteiger partial charge is 0.482 e. The molecule has 0 saturated carbocycles. The summed E-state index contributed by atoms with van der Waals surface area (Å²) in [6.07, 6.45) is 0.465. The van der Waals surface area contributed by atoms with Gasteiger partial charge in [-0.05, 0) is 61.7 Å². The van der Waals surface area contributed by atoms with E-state index in [2.05, 4.69) is 15.1 Å². The average molecular weight is 507 g/mol. The minimum absolute atomic E-state index is 0.00653. The van der Waals surface area contributed by atoms with Gasteiger partial charge in [-0.3, -0.25) is 9.47 Å². The first-order valence-corrected chi connectivity index (χ1v) is 13.4. The molecular weight excluding hydrogens is 483 g/mol. The summed E-state index contributed by atoms with van der Waals surface area (Å²) in [5.41, 5.74) is 3.04. The summed E-state index contributed by atoms with van der Waals surface area (Å²) in [4.78, 5) is 2.21. The lowest BCUT2D eigenvalue weighted by molar-refractivity contribution is 0.0836. The first kappa shape index (κ1) is 22.7. The molecule has 2 unspecified atom stereocenters. The lowest BCUT2D eigenvalue weighted by Gasteiger charge is -2.35. The van der Waals surface area contributed by atoms with Crippen LogP contribution in [0.4, 0.5) is 0 Å². The Morgan fingerprint density at radius 1 is 1.00 bits per heavy atom. The van der Waals surface area contributed by atoms with Crippen LogP contribution >= 0.6 is 23.2 Å². The zero-order valence-corrected chi connectivity index (χ0v) is 20.7. The second kappa shape index (κ2) is 8.58. The molecule has 0 amide bonds. The third kappa shape index (κ3) is 4.37. The van der Waals surface area contributed by atoms with Crippen molar-refractivity contribution in [2.45, 2.75) is 32.4 Å². The van der Waals surface area contributed by atoms with Crippen molar-refractivity contribution in [2.75, 3.05) is 24.6 Å². The Balaban J connectivity index is 1.46. The Hall–Kier alpha value is -2.13. The molecule has 174 valence electrons. The molecule has 10 heteroatoms. The van der Waals surface area contributed by atoms with Gasteiger partial charge in [0.05, 0.1) is 28.3 Å². The highest BCUT2D eigenvalue weighted by molar-refractivity contribution is 7.91. The normalized spacial score (nSPS) is 22.3. The summed E-state index contributed by atoms with van der Waals surface area (Å²) in [5, 5.41) is 9.35. The number of aryl methyl sites for hydroxylation is 2. The fourth-order valence-corrected chi connectivity index (χ4v) is 6.41. The van der Waals surface area contributed by atoms with Crippen LogP contribution in [0.2, 0.25) is 10.0 Å². The van der Waals surface area contributed by atoms with Gasteiger partial charge in [-0.15, -0.1) is 10.2 Å². The van der Waals surface area contributed by atoms with Gasteiger partial charge in [0.15, 0.2) is 9.84 Å². The number of fused-ring (bicyclic) bond motifs is 1. The zero-order chi connectivity index (χ0) is 23.3. The highest BCUT2D eigenvalue weighted by Crippen LogP contribution is 2.41. The molecule has 2 aromatic carbocycles. The van der Waals surface area contributed by atoms with E-state index in [1.165, 1.54) is 0 Å². The summed E-state index contributed by atoms with van der Waals surface area (Å²) >= 11 is 13.0. The molecule has 5 rings (SSSR count). The second-order valence-corrected chi connectivity index (χ2v) is 11.7. The fraction of sp³-hybridized carbons (Fsp3) is 0.391. The van der Waals surface area contributed by atoms with Gasteiger partial charge in [0.25, 0.3) is 0 Å². The summed E-state index contributed by atoms with van der Waals surface area (Å²) in [5.74, 6) is 2.45. The molecular formula is C23H24Cl2N4O3S. The third-order valence-electron chi connectivity index (χ3n) is 6.46. The van der Waals surface area contributed by atoms with Gasteiger partial charge in [0.1, 0.15) is 23.5 Å². The quantitative estimate of drug-likeness (QED) is 0.532. The van der Waals surface area contributed by atoms with Crippen LogP contribution in [0, 0.1) is 13.8 Å². The maximum Gasteiger partial charge on any atom is 0.152 e. The summed E-state index contributed by atoms with van der Waals surface area (Å²) in [6.45, 7) is 4.77. The maximum atomic E-state index is 12.0. The number of ether oxygens (including phenoxy) is 1. The molecule has 0 radical (unpaired) electrons. The smallest absolute Gasteiger partial charge is 0.152 e. The van der Waals surface area contributed by atoms with Crippen LogP contribution in [0.1, 0.15) is 28.9 Å². The number of rotatable bonds is 4. The summed E-state index contributed by atoms with van der Waals surface area (Å²) in [7, 11) is -2.97.